The number of aromatic nitrogens is 2. The minimum absolute atomic E-state index is 0.768. The van der Waals surface area contributed by atoms with Gasteiger partial charge in [-0.3, -0.25) is 4.68 Å². The molecule has 0 N–H and O–H groups in total. The van der Waals surface area contributed by atoms with Crippen molar-refractivity contribution >= 4 is 0 Å². The molecule has 122 valence electrons. The minimum atomic E-state index is 0.768. The highest BCUT2D eigenvalue weighted by atomic mass is 15.3. The van der Waals surface area contributed by atoms with Gasteiger partial charge in [-0.15, -0.1) is 0 Å². The Labute approximate surface area is 144 Å². The molecule has 0 atom stereocenters. The first-order valence-corrected chi connectivity index (χ1v) is 9.09. The molecule has 4 rings (SSSR count). The van der Waals surface area contributed by atoms with Gasteiger partial charge in [0.05, 0.1) is 11.4 Å². The Morgan fingerprint density at radius 2 is 1.42 bits per heavy atom. The lowest BCUT2D eigenvalue weighted by atomic mass is 9.89. The van der Waals surface area contributed by atoms with Crippen LogP contribution in [0.25, 0.3) is 22.5 Å². The predicted octanol–water partition coefficient (Wildman–Crippen LogP) is 5.80. The molecule has 0 radical (unpaired) electrons. The fraction of sp³-hybridized carbons (Fsp3) is 0.318. The summed E-state index contributed by atoms with van der Waals surface area (Å²) in [6.07, 6.45) is 6.83. The third-order valence-corrected chi connectivity index (χ3v) is 5.07. The van der Waals surface area contributed by atoms with Gasteiger partial charge >= 0.3 is 0 Å². The van der Waals surface area contributed by atoms with E-state index in [1.807, 2.05) is 0 Å². The van der Waals surface area contributed by atoms with Crippen molar-refractivity contribution in [2.75, 3.05) is 0 Å². The predicted molar refractivity (Wildman–Crippen MR) is 99.7 cm³/mol. The summed E-state index contributed by atoms with van der Waals surface area (Å²) in [4.78, 5) is 0. The van der Waals surface area contributed by atoms with E-state index in [1.165, 1.54) is 48.9 Å². The monoisotopic (exact) mass is 316 g/mol. The molecule has 2 heteroatoms. The molecule has 0 saturated heterocycles. The van der Waals surface area contributed by atoms with Crippen LogP contribution in [0, 0.1) is 5.92 Å². The second kappa shape index (κ2) is 7.04. The van der Waals surface area contributed by atoms with Crippen LogP contribution < -0.4 is 0 Å². The van der Waals surface area contributed by atoms with E-state index in [1.54, 1.807) is 0 Å². The molecule has 2 nitrogen and oxygen atoms in total. The van der Waals surface area contributed by atoms with E-state index in [0.717, 1.165) is 18.2 Å². The smallest absolute Gasteiger partial charge is 0.0929 e. The maximum Gasteiger partial charge on any atom is 0.0929 e. The van der Waals surface area contributed by atoms with Gasteiger partial charge in [0.15, 0.2) is 0 Å². The molecule has 1 aliphatic rings. The molecule has 24 heavy (non-hydrogen) atoms. The van der Waals surface area contributed by atoms with E-state index < -0.39 is 0 Å². The van der Waals surface area contributed by atoms with Crippen LogP contribution in [0.5, 0.6) is 0 Å². The lowest BCUT2D eigenvalue weighted by molar-refractivity contribution is 0.310. The van der Waals surface area contributed by atoms with Gasteiger partial charge in [0.25, 0.3) is 0 Å². The van der Waals surface area contributed by atoms with Crippen LogP contribution in [-0.4, -0.2) is 9.78 Å². The first kappa shape index (κ1) is 15.2. The summed E-state index contributed by atoms with van der Waals surface area (Å²) in [6.45, 7) is 1.04. The number of nitrogens with zero attached hydrogens (tertiary/aromatic N) is 2. The van der Waals surface area contributed by atoms with Crippen molar-refractivity contribution in [2.24, 2.45) is 5.92 Å². The van der Waals surface area contributed by atoms with E-state index in [-0.39, 0.29) is 0 Å². The van der Waals surface area contributed by atoms with E-state index in [4.69, 9.17) is 5.10 Å². The summed E-state index contributed by atoms with van der Waals surface area (Å²) in [6, 6.07) is 23.4. The lowest BCUT2D eigenvalue weighted by Crippen LogP contribution is -2.15. The maximum atomic E-state index is 4.97. The van der Waals surface area contributed by atoms with Gasteiger partial charge in [0.2, 0.25) is 0 Å². The van der Waals surface area contributed by atoms with Gasteiger partial charge in [0.1, 0.15) is 0 Å². The zero-order valence-corrected chi connectivity index (χ0v) is 14.1. The van der Waals surface area contributed by atoms with Crippen molar-refractivity contribution in [1.29, 1.82) is 0 Å². The first-order valence-electron chi connectivity index (χ1n) is 9.09. The summed E-state index contributed by atoms with van der Waals surface area (Å²) >= 11 is 0. The molecule has 3 aromatic rings. The maximum absolute atomic E-state index is 4.97. The van der Waals surface area contributed by atoms with Gasteiger partial charge in [0, 0.05) is 12.1 Å². The SMILES string of the molecule is c1ccc(-c2cc(-c3ccccc3)n(CC3CCCCC3)n2)cc1. The second-order valence-electron chi connectivity index (χ2n) is 6.83. The number of benzene rings is 2. The molecular weight excluding hydrogens is 292 g/mol. The average Bonchev–Trinajstić information content (AvgIpc) is 3.08. The van der Waals surface area contributed by atoms with Crippen LogP contribution in [0.15, 0.2) is 66.7 Å². The first-order chi connectivity index (χ1) is 11.9. The summed E-state index contributed by atoms with van der Waals surface area (Å²) in [7, 11) is 0. The van der Waals surface area contributed by atoms with Gasteiger partial charge in [-0.25, -0.2) is 0 Å². The Morgan fingerprint density at radius 3 is 2.08 bits per heavy atom. The number of hydrogen-bond acceptors (Lipinski definition) is 1. The van der Waals surface area contributed by atoms with Crippen LogP contribution >= 0.6 is 0 Å². The normalized spacial score (nSPS) is 15.5. The highest BCUT2D eigenvalue weighted by Crippen LogP contribution is 2.30. The topological polar surface area (TPSA) is 17.8 Å². The lowest BCUT2D eigenvalue weighted by Gasteiger charge is -2.22. The van der Waals surface area contributed by atoms with Crippen LogP contribution in [-0.2, 0) is 6.54 Å². The minimum Gasteiger partial charge on any atom is -0.264 e. The Morgan fingerprint density at radius 1 is 0.792 bits per heavy atom. The Hall–Kier alpha value is -2.35. The van der Waals surface area contributed by atoms with Crippen molar-refractivity contribution in [1.82, 2.24) is 9.78 Å². The third kappa shape index (κ3) is 3.28. The Bertz CT molecular complexity index is 768. The van der Waals surface area contributed by atoms with Crippen LogP contribution in [0.1, 0.15) is 32.1 Å². The molecule has 1 heterocycles. The highest BCUT2D eigenvalue weighted by molar-refractivity contribution is 5.68. The van der Waals surface area contributed by atoms with Gasteiger partial charge in [-0.05, 0) is 30.4 Å². The molecule has 0 spiro atoms. The zero-order valence-electron chi connectivity index (χ0n) is 14.1. The van der Waals surface area contributed by atoms with E-state index >= 15 is 0 Å². The van der Waals surface area contributed by atoms with Gasteiger partial charge in [-0.2, -0.15) is 5.10 Å². The fourth-order valence-electron chi connectivity index (χ4n) is 3.76. The zero-order chi connectivity index (χ0) is 16.2. The molecule has 0 aliphatic heterocycles. The van der Waals surface area contributed by atoms with Crippen molar-refractivity contribution in [2.45, 2.75) is 38.6 Å². The Balaban J connectivity index is 1.71. The van der Waals surface area contributed by atoms with Crippen molar-refractivity contribution < 1.29 is 0 Å². The van der Waals surface area contributed by atoms with Crippen LogP contribution in [0.2, 0.25) is 0 Å². The molecule has 1 saturated carbocycles. The number of hydrogen-bond donors (Lipinski definition) is 0. The molecule has 1 fully saturated rings. The molecule has 1 aliphatic carbocycles. The molecule has 0 unspecified atom stereocenters. The van der Waals surface area contributed by atoms with E-state index in [0.29, 0.717) is 0 Å². The van der Waals surface area contributed by atoms with Crippen molar-refractivity contribution in [3.8, 4) is 22.5 Å². The van der Waals surface area contributed by atoms with E-state index in [9.17, 15) is 0 Å². The van der Waals surface area contributed by atoms with Crippen molar-refractivity contribution in [3.63, 3.8) is 0 Å². The highest BCUT2D eigenvalue weighted by Gasteiger charge is 2.18. The summed E-state index contributed by atoms with van der Waals surface area (Å²) < 4.78 is 2.24. The largest absolute Gasteiger partial charge is 0.264 e. The molecule has 0 bridgehead atoms. The summed E-state index contributed by atoms with van der Waals surface area (Å²) in [5.74, 6) is 0.768. The van der Waals surface area contributed by atoms with Crippen LogP contribution in [0.3, 0.4) is 0 Å². The quantitative estimate of drug-likeness (QED) is 0.595. The summed E-state index contributed by atoms with van der Waals surface area (Å²) in [5.41, 5.74) is 4.75. The third-order valence-electron chi connectivity index (χ3n) is 5.07. The van der Waals surface area contributed by atoms with Crippen molar-refractivity contribution in [3.05, 3.63) is 66.7 Å². The average molecular weight is 316 g/mol. The van der Waals surface area contributed by atoms with Crippen LogP contribution in [0.4, 0.5) is 0 Å². The second-order valence-corrected chi connectivity index (χ2v) is 6.83. The standard InChI is InChI=1S/C22H24N2/c1-4-10-18(11-5-1)17-24-22(20-14-8-3-9-15-20)16-21(23-24)19-12-6-2-7-13-19/h2-3,6-9,12-16,18H,1,4-5,10-11,17H2. The fourth-order valence-corrected chi connectivity index (χ4v) is 3.76. The summed E-state index contributed by atoms with van der Waals surface area (Å²) in [5, 5.41) is 4.97. The number of rotatable bonds is 4. The molecule has 2 aromatic carbocycles. The molecular formula is C22H24N2. The molecule has 1 aromatic heterocycles. The van der Waals surface area contributed by atoms with E-state index in [2.05, 4.69) is 71.4 Å². The Kier molecular flexibility index (Phi) is 4.46. The van der Waals surface area contributed by atoms with Gasteiger partial charge < -0.3 is 0 Å². The van der Waals surface area contributed by atoms with Gasteiger partial charge in [-0.1, -0.05) is 79.9 Å². The molecule has 0 amide bonds.